The van der Waals surface area contributed by atoms with Gasteiger partial charge in [-0.05, 0) is 50.9 Å². The summed E-state index contributed by atoms with van der Waals surface area (Å²) in [5.41, 5.74) is 0. The van der Waals surface area contributed by atoms with Crippen molar-refractivity contribution in [3.8, 4) is 0 Å². The van der Waals surface area contributed by atoms with E-state index in [0.717, 1.165) is 57.4 Å². The summed E-state index contributed by atoms with van der Waals surface area (Å²) >= 11 is 0. The SMILES string of the molecule is CCOC(CCNC(=NC)N1CCC(CC(=O)NC)CC1)C1CCCC1.I. The maximum Gasteiger partial charge on any atom is 0.220 e. The first-order valence-electron chi connectivity index (χ1n) is 10.5. The van der Waals surface area contributed by atoms with E-state index in [4.69, 9.17) is 4.74 Å². The lowest BCUT2D eigenvalue weighted by atomic mass is 9.93. The van der Waals surface area contributed by atoms with Gasteiger partial charge in [-0.15, -0.1) is 24.0 Å². The molecule has 0 radical (unpaired) electrons. The molecule has 1 amide bonds. The average Bonchev–Trinajstić information content (AvgIpc) is 3.20. The molecule has 0 bridgehead atoms. The summed E-state index contributed by atoms with van der Waals surface area (Å²) < 4.78 is 6.02. The van der Waals surface area contributed by atoms with E-state index in [0.29, 0.717) is 18.4 Å². The van der Waals surface area contributed by atoms with Gasteiger partial charge in [0.05, 0.1) is 6.10 Å². The van der Waals surface area contributed by atoms with E-state index in [9.17, 15) is 4.79 Å². The molecule has 2 aliphatic rings. The number of guanidine groups is 1. The highest BCUT2D eigenvalue weighted by Crippen LogP contribution is 2.30. The molecular formula is C20H39IN4O2. The number of amides is 1. The highest BCUT2D eigenvalue weighted by atomic mass is 127. The molecule has 0 aromatic rings. The molecular weight excluding hydrogens is 455 g/mol. The van der Waals surface area contributed by atoms with Gasteiger partial charge < -0.3 is 20.3 Å². The second-order valence-electron chi connectivity index (χ2n) is 7.61. The highest BCUT2D eigenvalue weighted by Gasteiger charge is 2.26. The van der Waals surface area contributed by atoms with Crippen LogP contribution in [0.1, 0.15) is 58.3 Å². The van der Waals surface area contributed by atoms with Gasteiger partial charge in [-0.25, -0.2) is 0 Å². The average molecular weight is 494 g/mol. The van der Waals surface area contributed by atoms with Crippen molar-refractivity contribution in [3.63, 3.8) is 0 Å². The lowest BCUT2D eigenvalue weighted by Gasteiger charge is -2.34. The number of rotatable bonds is 8. The summed E-state index contributed by atoms with van der Waals surface area (Å²) in [5.74, 6) is 2.37. The van der Waals surface area contributed by atoms with E-state index in [1.807, 2.05) is 7.05 Å². The zero-order chi connectivity index (χ0) is 18.8. The first-order valence-corrected chi connectivity index (χ1v) is 10.5. The summed E-state index contributed by atoms with van der Waals surface area (Å²) in [6.07, 6.45) is 9.53. The molecule has 1 saturated heterocycles. The number of likely N-dealkylation sites (tertiary alicyclic amines) is 1. The van der Waals surface area contributed by atoms with Crippen molar-refractivity contribution in [2.45, 2.75) is 64.4 Å². The minimum Gasteiger partial charge on any atom is -0.378 e. The number of aliphatic imine (C=N–C) groups is 1. The number of nitrogens with zero attached hydrogens (tertiary/aromatic N) is 2. The van der Waals surface area contributed by atoms with Gasteiger partial charge in [0.25, 0.3) is 0 Å². The van der Waals surface area contributed by atoms with Gasteiger partial charge in [-0.1, -0.05) is 12.8 Å². The molecule has 1 saturated carbocycles. The van der Waals surface area contributed by atoms with Crippen LogP contribution >= 0.6 is 24.0 Å². The van der Waals surface area contributed by atoms with Crippen molar-refractivity contribution in [3.05, 3.63) is 0 Å². The molecule has 1 aliphatic carbocycles. The molecule has 6 nitrogen and oxygen atoms in total. The molecule has 1 atom stereocenters. The van der Waals surface area contributed by atoms with E-state index in [2.05, 4.69) is 27.4 Å². The molecule has 0 aromatic heterocycles. The minimum absolute atomic E-state index is 0. The number of hydrogen-bond donors (Lipinski definition) is 2. The van der Waals surface area contributed by atoms with Gasteiger partial charge in [0, 0.05) is 46.8 Å². The Morgan fingerprint density at radius 3 is 2.44 bits per heavy atom. The molecule has 158 valence electrons. The Balaban J connectivity index is 0.00000364. The topological polar surface area (TPSA) is 66.0 Å². The molecule has 2 fully saturated rings. The van der Waals surface area contributed by atoms with Crippen LogP contribution in [-0.4, -0.2) is 63.2 Å². The van der Waals surface area contributed by atoms with E-state index in [-0.39, 0.29) is 29.9 Å². The van der Waals surface area contributed by atoms with E-state index in [1.54, 1.807) is 7.05 Å². The van der Waals surface area contributed by atoms with Gasteiger partial charge in [-0.3, -0.25) is 9.79 Å². The molecule has 2 N–H and O–H groups in total. The summed E-state index contributed by atoms with van der Waals surface area (Å²) in [4.78, 5) is 18.3. The maximum absolute atomic E-state index is 11.5. The number of piperidine rings is 1. The predicted octanol–water partition coefficient (Wildman–Crippen LogP) is 3.01. The molecule has 1 unspecified atom stereocenters. The quantitative estimate of drug-likeness (QED) is 0.310. The Morgan fingerprint density at radius 2 is 1.89 bits per heavy atom. The molecule has 7 heteroatoms. The van der Waals surface area contributed by atoms with Crippen LogP contribution in [0.25, 0.3) is 0 Å². The second kappa shape index (κ2) is 13.6. The lowest BCUT2D eigenvalue weighted by Crippen LogP contribution is -2.46. The number of carbonyl (C=O) groups excluding carboxylic acids is 1. The monoisotopic (exact) mass is 494 g/mol. The third kappa shape index (κ3) is 8.13. The van der Waals surface area contributed by atoms with Crippen LogP contribution < -0.4 is 10.6 Å². The molecule has 1 heterocycles. The van der Waals surface area contributed by atoms with Gasteiger partial charge in [-0.2, -0.15) is 0 Å². The van der Waals surface area contributed by atoms with Crippen LogP contribution in [0.5, 0.6) is 0 Å². The summed E-state index contributed by atoms with van der Waals surface area (Å²) in [7, 11) is 3.57. The first-order chi connectivity index (χ1) is 12.7. The number of hydrogen-bond acceptors (Lipinski definition) is 3. The Bertz CT molecular complexity index is 447. The fraction of sp³-hybridized carbons (Fsp3) is 0.900. The van der Waals surface area contributed by atoms with E-state index in [1.165, 1.54) is 25.7 Å². The minimum atomic E-state index is 0. The fourth-order valence-corrected chi connectivity index (χ4v) is 4.37. The molecule has 2 rings (SSSR count). The maximum atomic E-state index is 11.5. The molecule has 27 heavy (non-hydrogen) atoms. The zero-order valence-corrected chi connectivity index (χ0v) is 19.7. The Hall–Kier alpha value is -0.570. The van der Waals surface area contributed by atoms with Crippen LogP contribution in [0.3, 0.4) is 0 Å². The van der Waals surface area contributed by atoms with Crippen LogP contribution in [0.2, 0.25) is 0 Å². The number of carbonyl (C=O) groups is 1. The highest BCUT2D eigenvalue weighted by molar-refractivity contribution is 14.0. The van der Waals surface area contributed by atoms with Gasteiger partial charge in [0.15, 0.2) is 5.96 Å². The second-order valence-corrected chi connectivity index (χ2v) is 7.61. The summed E-state index contributed by atoms with van der Waals surface area (Å²) in [5, 5.41) is 6.26. The van der Waals surface area contributed by atoms with Crippen LogP contribution in [0, 0.1) is 11.8 Å². The van der Waals surface area contributed by atoms with Crippen molar-refractivity contribution >= 4 is 35.8 Å². The number of nitrogens with one attached hydrogen (secondary N) is 2. The summed E-state index contributed by atoms with van der Waals surface area (Å²) in [6, 6.07) is 0. The molecule has 1 aliphatic heterocycles. The lowest BCUT2D eigenvalue weighted by molar-refractivity contribution is -0.121. The number of halogens is 1. The van der Waals surface area contributed by atoms with Crippen LogP contribution in [0.15, 0.2) is 4.99 Å². The normalized spacial score (nSPS) is 20.3. The van der Waals surface area contributed by atoms with Crippen molar-refractivity contribution < 1.29 is 9.53 Å². The third-order valence-corrected chi connectivity index (χ3v) is 5.90. The Kier molecular flexibility index (Phi) is 12.3. The Morgan fingerprint density at radius 1 is 1.22 bits per heavy atom. The van der Waals surface area contributed by atoms with Crippen molar-refractivity contribution in [1.29, 1.82) is 0 Å². The predicted molar refractivity (Wildman–Crippen MR) is 122 cm³/mol. The number of ether oxygens (including phenoxy) is 1. The van der Waals surface area contributed by atoms with Crippen LogP contribution in [-0.2, 0) is 9.53 Å². The smallest absolute Gasteiger partial charge is 0.220 e. The van der Waals surface area contributed by atoms with Crippen molar-refractivity contribution in [2.24, 2.45) is 16.8 Å². The van der Waals surface area contributed by atoms with E-state index < -0.39 is 0 Å². The summed E-state index contributed by atoms with van der Waals surface area (Å²) in [6.45, 7) is 5.75. The molecule has 0 aromatic carbocycles. The zero-order valence-electron chi connectivity index (χ0n) is 17.3. The largest absolute Gasteiger partial charge is 0.378 e. The first kappa shape index (κ1) is 24.5. The third-order valence-electron chi connectivity index (χ3n) is 5.90. The molecule has 0 spiro atoms. The van der Waals surface area contributed by atoms with E-state index >= 15 is 0 Å². The van der Waals surface area contributed by atoms with Crippen molar-refractivity contribution in [1.82, 2.24) is 15.5 Å². The van der Waals surface area contributed by atoms with Gasteiger partial charge in [0.2, 0.25) is 5.91 Å². The standard InChI is InChI=1S/C20H38N4O2.HI/c1-4-26-18(17-7-5-6-8-17)9-12-23-20(22-3)24-13-10-16(11-14-24)15-19(25)21-2;/h16-18H,4-15H2,1-3H3,(H,21,25)(H,22,23);1H. The van der Waals surface area contributed by atoms with Crippen molar-refractivity contribution in [2.75, 3.05) is 40.3 Å². The van der Waals surface area contributed by atoms with Crippen LogP contribution in [0.4, 0.5) is 0 Å². The fourth-order valence-electron chi connectivity index (χ4n) is 4.37. The van der Waals surface area contributed by atoms with Gasteiger partial charge >= 0.3 is 0 Å². The Labute approximate surface area is 182 Å². The van der Waals surface area contributed by atoms with Gasteiger partial charge in [0.1, 0.15) is 0 Å².